The highest BCUT2D eigenvalue weighted by Crippen LogP contribution is 2.29. The second kappa shape index (κ2) is 9.18. The van der Waals surface area contributed by atoms with Crippen LogP contribution in [0.15, 0.2) is 38.5 Å². The van der Waals surface area contributed by atoms with E-state index in [1.54, 1.807) is 21.7 Å². The Hall–Kier alpha value is -4.25. The number of aryl methyl sites for hydroxylation is 2. The largest absolute Gasteiger partial charge is 0.459 e. The van der Waals surface area contributed by atoms with Crippen molar-refractivity contribution in [3.05, 3.63) is 41.5 Å². The molecule has 0 bridgehead atoms. The van der Waals surface area contributed by atoms with Crippen molar-refractivity contribution in [3.8, 4) is 23.7 Å². The number of carbonyl (C=O) groups is 1. The summed E-state index contributed by atoms with van der Waals surface area (Å²) in [4.78, 5) is 20.7. The number of aromatic nitrogens is 6. The second-order valence-electron chi connectivity index (χ2n) is 7.91. The number of piperazine rings is 1. The van der Waals surface area contributed by atoms with E-state index in [0.717, 1.165) is 11.4 Å². The fourth-order valence-corrected chi connectivity index (χ4v) is 4.58. The van der Waals surface area contributed by atoms with Gasteiger partial charge < -0.3 is 24.5 Å². The highest BCUT2D eigenvalue weighted by molar-refractivity contribution is 7.99. The van der Waals surface area contributed by atoms with Crippen LogP contribution in [0.3, 0.4) is 0 Å². The Bertz CT molecular complexity index is 1390. The van der Waals surface area contributed by atoms with E-state index in [-0.39, 0.29) is 23.2 Å². The average Bonchev–Trinajstić information content (AvgIpc) is 3.65. The third-order valence-electron chi connectivity index (χ3n) is 5.54. The van der Waals surface area contributed by atoms with Crippen LogP contribution >= 0.6 is 11.8 Å². The van der Waals surface area contributed by atoms with E-state index in [2.05, 4.69) is 26.3 Å². The molecule has 14 heteroatoms. The Morgan fingerprint density at radius 3 is 2.71 bits per heavy atom. The van der Waals surface area contributed by atoms with E-state index in [4.69, 9.17) is 14.7 Å². The molecule has 13 nitrogen and oxygen atoms in total. The fraction of sp³-hybridized carbons (Fsp3) is 0.333. The lowest BCUT2D eigenvalue weighted by molar-refractivity contribution is -0.128. The Labute approximate surface area is 204 Å². The first-order valence-corrected chi connectivity index (χ1v) is 11.8. The predicted molar refractivity (Wildman–Crippen MR) is 125 cm³/mol. The third kappa shape index (κ3) is 4.33. The van der Waals surface area contributed by atoms with Crippen molar-refractivity contribution in [3.63, 3.8) is 0 Å². The summed E-state index contributed by atoms with van der Waals surface area (Å²) in [5.74, 6) is 7.75. The van der Waals surface area contributed by atoms with Gasteiger partial charge in [-0.05, 0) is 32.0 Å². The molecule has 1 fully saturated rings. The Balaban J connectivity index is 1.19. The SMILES string of the molecule is Cc1cc(C)n(-c2nnc(SCC(=O)N3CCN(c4oc(-c5ccco5)nc4C#N)CC3)n2N)n1. The van der Waals surface area contributed by atoms with Gasteiger partial charge in [0.25, 0.3) is 11.8 Å². The van der Waals surface area contributed by atoms with Crippen LogP contribution in [0.4, 0.5) is 5.88 Å². The highest BCUT2D eigenvalue weighted by Gasteiger charge is 2.27. The summed E-state index contributed by atoms with van der Waals surface area (Å²) in [7, 11) is 0. The number of thioether (sulfide) groups is 1. The number of hydrogen-bond acceptors (Lipinski definition) is 11. The number of nitrogen functional groups attached to an aromatic ring is 1. The van der Waals surface area contributed by atoms with E-state index < -0.39 is 0 Å². The van der Waals surface area contributed by atoms with Crippen molar-refractivity contribution in [2.45, 2.75) is 19.0 Å². The van der Waals surface area contributed by atoms with Crippen LogP contribution in [0.1, 0.15) is 17.1 Å². The quantitative estimate of drug-likeness (QED) is 0.304. The molecule has 0 aliphatic carbocycles. The summed E-state index contributed by atoms with van der Waals surface area (Å²) in [5.41, 5.74) is 1.92. The molecule has 4 aromatic heterocycles. The minimum Gasteiger partial charge on any atom is -0.459 e. The first-order valence-electron chi connectivity index (χ1n) is 10.8. The molecule has 1 amide bonds. The Morgan fingerprint density at radius 1 is 1.26 bits per heavy atom. The zero-order valence-electron chi connectivity index (χ0n) is 19.1. The Morgan fingerprint density at radius 2 is 2.06 bits per heavy atom. The monoisotopic (exact) mass is 494 g/mol. The van der Waals surface area contributed by atoms with Crippen molar-refractivity contribution in [1.82, 2.24) is 34.5 Å². The smallest absolute Gasteiger partial charge is 0.271 e. The predicted octanol–water partition coefficient (Wildman–Crippen LogP) is 1.36. The molecule has 35 heavy (non-hydrogen) atoms. The number of nitriles is 1. The van der Waals surface area contributed by atoms with Crippen LogP contribution in [0.2, 0.25) is 0 Å². The zero-order chi connectivity index (χ0) is 24.5. The lowest BCUT2D eigenvalue weighted by Gasteiger charge is -2.34. The van der Waals surface area contributed by atoms with Crippen molar-refractivity contribution in [2.24, 2.45) is 0 Å². The number of carbonyl (C=O) groups excluding carboxylic acids is 1. The molecule has 1 aliphatic rings. The maximum atomic E-state index is 12.8. The number of furan rings is 1. The number of hydrogen-bond donors (Lipinski definition) is 1. The number of anilines is 1. The van der Waals surface area contributed by atoms with Crippen LogP contribution in [-0.2, 0) is 4.79 Å². The molecule has 5 rings (SSSR count). The van der Waals surface area contributed by atoms with Gasteiger partial charge in [0.1, 0.15) is 6.07 Å². The first-order chi connectivity index (χ1) is 16.9. The third-order valence-corrected chi connectivity index (χ3v) is 6.46. The van der Waals surface area contributed by atoms with Crippen LogP contribution in [0, 0.1) is 25.2 Å². The number of oxazole rings is 1. The van der Waals surface area contributed by atoms with Crippen LogP contribution in [0.25, 0.3) is 17.6 Å². The molecule has 0 aromatic carbocycles. The van der Waals surface area contributed by atoms with Gasteiger partial charge in [-0.25, -0.2) is 9.36 Å². The molecule has 0 atom stereocenters. The summed E-state index contributed by atoms with van der Waals surface area (Å²) in [5, 5.41) is 22.5. The van der Waals surface area contributed by atoms with Gasteiger partial charge in [-0.3, -0.25) is 4.79 Å². The lowest BCUT2D eigenvalue weighted by Crippen LogP contribution is -2.49. The minimum absolute atomic E-state index is 0.0420. The number of nitrogens with zero attached hydrogens (tertiary/aromatic N) is 9. The van der Waals surface area contributed by atoms with Gasteiger partial charge >= 0.3 is 0 Å². The summed E-state index contributed by atoms with van der Waals surface area (Å²) < 4.78 is 14.1. The van der Waals surface area contributed by atoms with Crippen LogP contribution < -0.4 is 10.7 Å². The van der Waals surface area contributed by atoms with E-state index in [1.807, 2.05) is 24.8 Å². The van der Waals surface area contributed by atoms with E-state index in [0.29, 0.717) is 48.9 Å². The molecule has 2 N–H and O–H groups in total. The van der Waals surface area contributed by atoms with E-state index in [1.165, 1.54) is 22.7 Å². The maximum Gasteiger partial charge on any atom is 0.271 e. The molecule has 1 aliphatic heterocycles. The zero-order valence-corrected chi connectivity index (χ0v) is 19.9. The topological polar surface area (TPSA) is 161 Å². The number of rotatable bonds is 6. The van der Waals surface area contributed by atoms with Crippen LogP contribution in [0.5, 0.6) is 0 Å². The number of amides is 1. The summed E-state index contributed by atoms with van der Waals surface area (Å²) in [6, 6.07) is 7.42. The van der Waals surface area contributed by atoms with Gasteiger partial charge in [-0.2, -0.15) is 15.3 Å². The van der Waals surface area contributed by atoms with Gasteiger partial charge in [0, 0.05) is 31.9 Å². The van der Waals surface area contributed by atoms with E-state index >= 15 is 0 Å². The lowest BCUT2D eigenvalue weighted by atomic mass is 10.3. The van der Waals surface area contributed by atoms with Crippen LogP contribution in [-0.4, -0.2) is 72.4 Å². The van der Waals surface area contributed by atoms with Crippen molar-refractivity contribution >= 4 is 23.6 Å². The van der Waals surface area contributed by atoms with Crippen molar-refractivity contribution in [2.75, 3.05) is 42.7 Å². The molecule has 1 saturated heterocycles. The van der Waals surface area contributed by atoms with Gasteiger partial charge in [-0.1, -0.05) is 11.8 Å². The maximum absolute atomic E-state index is 12.8. The molecular formula is C21H22N10O3S. The fourth-order valence-electron chi connectivity index (χ4n) is 3.82. The van der Waals surface area contributed by atoms with Crippen molar-refractivity contribution in [1.29, 1.82) is 5.26 Å². The summed E-state index contributed by atoms with van der Waals surface area (Å²) >= 11 is 1.22. The molecule has 0 unspecified atom stereocenters. The average molecular weight is 495 g/mol. The van der Waals surface area contributed by atoms with Gasteiger partial charge in [0.05, 0.1) is 17.7 Å². The summed E-state index contributed by atoms with van der Waals surface area (Å²) in [6.07, 6.45) is 1.51. The molecule has 0 radical (unpaired) electrons. The van der Waals surface area contributed by atoms with Crippen molar-refractivity contribution < 1.29 is 13.6 Å². The molecule has 0 spiro atoms. The summed E-state index contributed by atoms with van der Waals surface area (Å²) in [6.45, 7) is 5.76. The molecule has 4 aromatic rings. The molecule has 5 heterocycles. The Kier molecular flexibility index (Phi) is 5.91. The highest BCUT2D eigenvalue weighted by atomic mass is 32.2. The molecule has 0 saturated carbocycles. The molecular weight excluding hydrogens is 472 g/mol. The second-order valence-corrected chi connectivity index (χ2v) is 8.85. The molecule has 180 valence electrons. The first kappa shape index (κ1) is 22.5. The standard InChI is InChI=1S/C21H22N10O3S/c1-13-10-14(2)31(27-13)20-25-26-21(30(20)23)35-12-17(32)28-5-7-29(8-6-28)19-15(11-22)24-18(34-19)16-4-3-9-33-16/h3-4,9-10H,5-8,12,23H2,1-2H3. The van der Waals surface area contributed by atoms with Gasteiger partial charge in [-0.15, -0.1) is 10.2 Å². The number of nitrogens with two attached hydrogens (primary N) is 1. The minimum atomic E-state index is -0.0420. The van der Waals surface area contributed by atoms with Gasteiger partial charge in [0.15, 0.2) is 5.76 Å². The normalized spacial score (nSPS) is 13.9. The van der Waals surface area contributed by atoms with Gasteiger partial charge in [0.2, 0.25) is 22.6 Å². The van der Waals surface area contributed by atoms with E-state index in [9.17, 15) is 10.1 Å².